The number of aryl methyl sites for hydroxylation is 1. The van der Waals surface area contributed by atoms with Gasteiger partial charge in [-0.05, 0) is 32.9 Å². The Hall–Kier alpha value is -2.44. The van der Waals surface area contributed by atoms with Crippen molar-refractivity contribution >= 4 is 17.6 Å². The van der Waals surface area contributed by atoms with Crippen LogP contribution in [0.4, 0.5) is 5.69 Å². The number of hydrogen-bond acceptors (Lipinski definition) is 4. The third kappa shape index (κ3) is 3.53. The van der Waals surface area contributed by atoms with Crippen molar-refractivity contribution in [1.82, 2.24) is 5.32 Å². The van der Waals surface area contributed by atoms with Crippen molar-refractivity contribution in [2.45, 2.75) is 20.8 Å². The Balaban J connectivity index is 2.82. The molecule has 0 heterocycles. The number of aliphatic carboxylic acids is 1. The van der Waals surface area contributed by atoms with Crippen LogP contribution in [0, 0.1) is 22.5 Å². The van der Waals surface area contributed by atoms with E-state index in [1.54, 1.807) is 0 Å². The number of nitrogens with zero attached hydrogens (tertiary/aromatic N) is 1. The summed E-state index contributed by atoms with van der Waals surface area (Å²) in [5, 5.41) is 22.1. The van der Waals surface area contributed by atoms with Gasteiger partial charge in [0.2, 0.25) is 0 Å². The second-order valence-corrected chi connectivity index (χ2v) is 5.13. The van der Waals surface area contributed by atoms with Gasteiger partial charge < -0.3 is 10.4 Å². The molecule has 1 amide bonds. The lowest BCUT2D eigenvalue weighted by atomic mass is 9.94. The maximum atomic E-state index is 11.9. The van der Waals surface area contributed by atoms with Gasteiger partial charge in [0, 0.05) is 23.7 Å². The van der Waals surface area contributed by atoms with Gasteiger partial charge in [-0.2, -0.15) is 0 Å². The number of amides is 1. The number of carbonyl (C=O) groups is 2. The van der Waals surface area contributed by atoms with Gasteiger partial charge in [-0.25, -0.2) is 0 Å². The van der Waals surface area contributed by atoms with Gasteiger partial charge in [0.15, 0.2) is 0 Å². The van der Waals surface area contributed by atoms with Gasteiger partial charge in [-0.1, -0.05) is 0 Å². The lowest BCUT2D eigenvalue weighted by Gasteiger charge is -2.19. The quantitative estimate of drug-likeness (QED) is 0.630. The van der Waals surface area contributed by atoms with Crippen LogP contribution in [0.5, 0.6) is 0 Å². The van der Waals surface area contributed by atoms with Crippen LogP contribution in [0.1, 0.15) is 29.8 Å². The second kappa shape index (κ2) is 5.68. The van der Waals surface area contributed by atoms with Crippen LogP contribution in [-0.4, -0.2) is 28.5 Å². The zero-order valence-electron chi connectivity index (χ0n) is 11.5. The SMILES string of the molecule is Cc1cc(C(=O)NCC(C)(C)C(=O)O)ccc1[N+](=O)[O-]. The number of rotatable bonds is 5. The number of hydrogen-bond donors (Lipinski definition) is 2. The summed E-state index contributed by atoms with van der Waals surface area (Å²) in [4.78, 5) is 32.9. The topological polar surface area (TPSA) is 110 Å². The largest absolute Gasteiger partial charge is 0.481 e. The van der Waals surface area contributed by atoms with Crippen LogP contribution >= 0.6 is 0 Å². The summed E-state index contributed by atoms with van der Waals surface area (Å²) in [5.74, 6) is -1.48. The molecule has 0 radical (unpaired) electrons. The third-order valence-electron chi connectivity index (χ3n) is 2.93. The van der Waals surface area contributed by atoms with Crippen molar-refractivity contribution in [3.8, 4) is 0 Å². The predicted molar refractivity (Wildman–Crippen MR) is 71.6 cm³/mol. The molecule has 20 heavy (non-hydrogen) atoms. The van der Waals surface area contributed by atoms with Gasteiger partial charge in [0.05, 0.1) is 10.3 Å². The molecule has 1 rings (SSSR count). The van der Waals surface area contributed by atoms with E-state index in [1.807, 2.05) is 0 Å². The van der Waals surface area contributed by atoms with Gasteiger partial charge >= 0.3 is 5.97 Å². The highest BCUT2D eigenvalue weighted by Gasteiger charge is 2.27. The molecule has 0 atom stereocenters. The molecule has 0 spiro atoms. The fraction of sp³-hybridized carbons (Fsp3) is 0.385. The minimum absolute atomic E-state index is 0.0306. The van der Waals surface area contributed by atoms with Crippen LogP contribution in [0.15, 0.2) is 18.2 Å². The Morgan fingerprint density at radius 2 is 2.00 bits per heavy atom. The normalized spacial score (nSPS) is 10.9. The van der Waals surface area contributed by atoms with E-state index in [-0.39, 0.29) is 17.8 Å². The van der Waals surface area contributed by atoms with Gasteiger partial charge in [0.25, 0.3) is 11.6 Å². The molecule has 0 bridgehead atoms. The first-order chi connectivity index (χ1) is 9.15. The molecule has 108 valence electrons. The molecule has 7 heteroatoms. The molecular formula is C13H16N2O5. The number of benzene rings is 1. The van der Waals surface area contributed by atoms with E-state index in [0.717, 1.165) is 0 Å². The molecule has 0 aliphatic heterocycles. The Kier molecular flexibility index (Phi) is 4.44. The average Bonchev–Trinajstić information content (AvgIpc) is 2.35. The Morgan fingerprint density at radius 1 is 1.40 bits per heavy atom. The van der Waals surface area contributed by atoms with E-state index in [9.17, 15) is 19.7 Å². The summed E-state index contributed by atoms with van der Waals surface area (Å²) in [7, 11) is 0. The van der Waals surface area contributed by atoms with Crippen molar-refractivity contribution in [2.75, 3.05) is 6.54 Å². The maximum absolute atomic E-state index is 11.9. The zero-order chi connectivity index (χ0) is 15.5. The summed E-state index contributed by atoms with van der Waals surface area (Å²) < 4.78 is 0. The molecule has 0 aliphatic carbocycles. The minimum atomic E-state index is -1.08. The highest BCUT2D eigenvalue weighted by atomic mass is 16.6. The molecule has 7 nitrogen and oxygen atoms in total. The first-order valence-corrected chi connectivity index (χ1v) is 5.92. The van der Waals surface area contributed by atoms with Gasteiger partial charge in [-0.3, -0.25) is 19.7 Å². The van der Waals surface area contributed by atoms with Crippen LogP contribution in [0.2, 0.25) is 0 Å². The predicted octanol–water partition coefficient (Wildman–Crippen LogP) is 1.74. The van der Waals surface area contributed by atoms with Crippen molar-refractivity contribution in [1.29, 1.82) is 0 Å². The van der Waals surface area contributed by atoms with Gasteiger partial charge in [-0.15, -0.1) is 0 Å². The minimum Gasteiger partial charge on any atom is -0.481 e. The fourth-order valence-electron chi connectivity index (χ4n) is 1.48. The number of carboxylic acids is 1. The number of nitro groups is 1. The zero-order valence-corrected chi connectivity index (χ0v) is 11.5. The molecule has 0 aromatic heterocycles. The second-order valence-electron chi connectivity index (χ2n) is 5.13. The van der Waals surface area contributed by atoms with E-state index in [0.29, 0.717) is 5.56 Å². The molecule has 2 N–H and O–H groups in total. The standard InChI is InChI=1S/C13H16N2O5/c1-8-6-9(4-5-10(8)15(19)20)11(16)14-7-13(2,3)12(17)18/h4-6H,7H2,1-3H3,(H,14,16)(H,17,18). The number of carboxylic acid groups (broad SMARTS) is 1. The summed E-state index contributed by atoms with van der Waals surface area (Å²) in [6.45, 7) is 4.50. The van der Waals surface area contributed by atoms with E-state index < -0.39 is 22.2 Å². The van der Waals surface area contributed by atoms with E-state index in [1.165, 1.54) is 39.0 Å². The third-order valence-corrected chi connectivity index (χ3v) is 2.93. The smallest absolute Gasteiger partial charge is 0.310 e. The van der Waals surface area contributed by atoms with Crippen molar-refractivity contribution in [2.24, 2.45) is 5.41 Å². The molecule has 1 aromatic rings. The molecule has 1 aromatic carbocycles. The highest BCUT2D eigenvalue weighted by molar-refractivity contribution is 5.95. The molecule has 0 unspecified atom stereocenters. The summed E-state index contributed by atoms with van der Waals surface area (Å²) in [6, 6.07) is 4.00. The number of nitrogens with one attached hydrogen (secondary N) is 1. The first-order valence-electron chi connectivity index (χ1n) is 5.92. The van der Waals surface area contributed by atoms with Crippen LogP contribution in [0.25, 0.3) is 0 Å². The van der Waals surface area contributed by atoms with Crippen molar-refractivity contribution in [3.63, 3.8) is 0 Å². The average molecular weight is 280 g/mol. The summed E-state index contributed by atoms with van der Waals surface area (Å²) in [6.07, 6.45) is 0. The monoisotopic (exact) mass is 280 g/mol. The van der Waals surface area contributed by atoms with Gasteiger partial charge in [0.1, 0.15) is 0 Å². The first kappa shape index (κ1) is 15.6. The summed E-state index contributed by atoms with van der Waals surface area (Å²) >= 11 is 0. The van der Waals surface area contributed by atoms with E-state index >= 15 is 0 Å². The Bertz CT molecular complexity index is 566. The molecular weight excluding hydrogens is 264 g/mol. The van der Waals surface area contributed by atoms with Crippen LogP contribution in [-0.2, 0) is 4.79 Å². The fourth-order valence-corrected chi connectivity index (χ4v) is 1.48. The Labute approximate surface area is 115 Å². The lowest BCUT2D eigenvalue weighted by molar-refractivity contribution is -0.385. The maximum Gasteiger partial charge on any atom is 0.310 e. The molecule has 0 saturated carbocycles. The number of nitro benzene ring substituents is 1. The van der Waals surface area contributed by atoms with Crippen molar-refractivity contribution < 1.29 is 19.6 Å². The molecule has 0 fully saturated rings. The molecule has 0 saturated heterocycles. The van der Waals surface area contributed by atoms with Crippen molar-refractivity contribution in [3.05, 3.63) is 39.4 Å². The number of carbonyl (C=O) groups excluding carboxylic acids is 1. The van der Waals surface area contributed by atoms with Crippen LogP contribution in [0.3, 0.4) is 0 Å². The molecule has 0 aliphatic rings. The highest BCUT2D eigenvalue weighted by Crippen LogP contribution is 2.19. The summed E-state index contributed by atoms with van der Waals surface area (Å²) in [5.41, 5.74) is -0.507. The van der Waals surface area contributed by atoms with Crippen LogP contribution < -0.4 is 5.32 Å². The Morgan fingerprint density at radius 3 is 2.45 bits per heavy atom. The lowest BCUT2D eigenvalue weighted by Crippen LogP contribution is -2.38. The van der Waals surface area contributed by atoms with E-state index in [2.05, 4.69) is 5.32 Å². The van der Waals surface area contributed by atoms with E-state index in [4.69, 9.17) is 5.11 Å².